The number of nitrogens with one attached hydrogen (secondary N) is 1. The molecule has 0 unspecified atom stereocenters. The van der Waals surface area contributed by atoms with Crippen LogP contribution in [0, 0.1) is 0 Å². The standard InChI is InChI=1S/C8H10N2O.C2H4O2/c1-10-8(11)6-4-2-3-5-7(6)9;1-2(3)4/h2-5H,9H2,1H3,(H,10,11);1H3,(H,3,4). The van der Waals surface area contributed by atoms with Crippen molar-refractivity contribution < 1.29 is 14.7 Å². The maximum absolute atomic E-state index is 11.0. The molecular formula is C10H14N2O3. The van der Waals surface area contributed by atoms with Crippen molar-refractivity contribution in [2.24, 2.45) is 0 Å². The number of hydrogen-bond acceptors (Lipinski definition) is 3. The zero-order chi connectivity index (χ0) is 11.8. The molecule has 1 aromatic rings. The van der Waals surface area contributed by atoms with Gasteiger partial charge in [-0.2, -0.15) is 0 Å². The van der Waals surface area contributed by atoms with Gasteiger partial charge in [-0.15, -0.1) is 0 Å². The second-order valence-corrected chi connectivity index (χ2v) is 2.69. The number of carbonyl (C=O) groups excluding carboxylic acids is 1. The van der Waals surface area contributed by atoms with Crippen LogP contribution in [-0.4, -0.2) is 24.0 Å². The smallest absolute Gasteiger partial charge is 0.300 e. The molecule has 4 N–H and O–H groups in total. The van der Waals surface area contributed by atoms with Crippen LogP contribution in [0.2, 0.25) is 0 Å². The van der Waals surface area contributed by atoms with Gasteiger partial charge in [-0.3, -0.25) is 9.59 Å². The zero-order valence-electron chi connectivity index (χ0n) is 8.65. The van der Waals surface area contributed by atoms with Crippen molar-refractivity contribution >= 4 is 17.6 Å². The second-order valence-electron chi connectivity index (χ2n) is 2.69. The summed E-state index contributed by atoms with van der Waals surface area (Å²) >= 11 is 0. The van der Waals surface area contributed by atoms with Crippen LogP contribution in [0.4, 0.5) is 5.69 Å². The van der Waals surface area contributed by atoms with Crippen molar-refractivity contribution in [3.05, 3.63) is 29.8 Å². The number of carboxylic acids is 1. The first-order valence-corrected chi connectivity index (χ1v) is 4.25. The molecule has 5 heteroatoms. The number of benzene rings is 1. The minimum Gasteiger partial charge on any atom is -0.481 e. The van der Waals surface area contributed by atoms with Gasteiger partial charge in [0.05, 0.1) is 5.56 Å². The van der Waals surface area contributed by atoms with Gasteiger partial charge in [-0.1, -0.05) is 12.1 Å². The largest absolute Gasteiger partial charge is 0.481 e. The van der Waals surface area contributed by atoms with E-state index in [2.05, 4.69) is 5.32 Å². The van der Waals surface area contributed by atoms with Crippen LogP contribution in [-0.2, 0) is 4.79 Å². The first-order valence-electron chi connectivity index (χ1n) is 4.25. The van der Waals surface area contributed by atoms with E-state index in [4.69, 9.17) is 15.6 Å². The van der Waals surface area contributed by atoms with Gasteiger partial charge in [-0.05, 0) is 12.1 Å². The predicted molar refractivity (Wildman–Crippen MR) is 57.6 cm³/mol. The summed E-state index contributed by atoms with van der Waals surface area (Å²) < 4.78 is 0. The molecule has 0 aliphatic rings. The summed E-state index contributed by atoms with van der Waals surface area (Å²) in [4.78, 5) is 20.0. The minimum atomic E-state index is -0.833. The highest BCUT2D eigenvalue weighted by Crippen LogP contribution is 2.09. The highest BCUT2D eigenvalue weighted by molar-refractivity contribution is 5.98. The van der Waals surface area contributed by atoms with Crippen LogP contribution in [0.15, 0.2) is 24.3 Å². The van der Waals surface area contributed by atoms with Crippen LogP contribution in [0.1, 0.15) is 17.3 Å². The summed E-state index contributed by atoms with van der Waals surface area (Å²) in [5.41, 5.74) is 6.57. The van der Waals surface area contributed by atoms with Crippen LogP contribution in [0.25, 0.3) is 0 Å². The summed E-state index contributed by atoms with van der Waals surface area (Å²) in [5.74, 6) is -0.983. The van der Waals surface area contributed by atoms with Crippen molar-refractivity contribution in [3.63, 3.8) is 0 Å². The highest BCUT2D eigenvalue weighted by Gasteiger charge is 2.04. The number of carboxylic acid groups (broad SMARTS) is 1. The lowest BCUT2D eigenvalue weighted by molar-refractivity contribution is -0.134. The van der Waals surface area contributed by atoms with Crippen LogP contribution < -0.4 is 11.1 Å². The van der Waals surface area contributed by atoms with Crippen molar-refractivity contribution in [1.29, 1.82) is 0 Å². The van der Waals surface area contributed by atoms with Crippen LogP contribution in [0.3, 0.4) is 0 Å². The molecule has 0 atom stereocenters. The predicted octanol–water partition coefficient (Wildman–Crippen LogP) is 0.719. The number of hydrogen-bond donors (Lipinski definition) is 3. The fourth-order valence-electron chi connectivity index (χ4n) is 0.838. The minimum absolute atomic E-state index is 0.150. The number of para-hydroxylation sites is 1. The Morgan fingerprint density at radius 1 is 1.33 bits per heavy atom. The third-order valence-corrected chi connectivity index (χ3v) is 1.43. The molecule has 0 saturated heterocycles. The SMILES string of the molecule is CC(=O)O.CNC(=O)c1ccccc1N. The van der Waals surface area contributed by atoms with E-state index in [0.29, 0.717) is 11.3 Å². The third-order valence-electron chi connectivity index (χ3n) is 1.43. The van der Waals surface area contributed by atoms with Gasteiger partial charge >= 0.3 is 0 Å². The highest BCUT2D eigenvalue weighted by atomic mass is 16.4. The maximum atomic E-state index is 11.0. The van der Waals surface area contributed by atoms with Crippen molar-refractivity contribution in [2.45, 2.75) is 6.92 Å². The quantitative estimate of drug-likeness (QED) is 0.595. The van der Waals surface area contributed by atoms with E-state index in [1.54, 1.807) is 31.3 Å². The Bertz CT molecular complexity index is 346. The number of anilines is 1. The molecule has 0 radical (unpaired) electrons. The maximum Gasteiger partial charge on any atom is 0.300 e. The molecule has 0 saturated carbocycles. The molecule has 1 amide bonds. The summed E-state index contributed by atoms with van der Waals surface area (Å²) in [7, 11) is 1.58. The average Bonchev–Trinajstić information content (AvgIpc) is 2.16. The topological polar surface area (TPSA) is 92.4 Å². The normalized spacial score (nSPS) is 8.40. The monoisotopic (exact) mass is 210 g/mol. The van der Waals surface area contributed by atoms with Gasteiger partial charge < -0.3 is 16.2 Å². The lowest BCUT2D eigenvalue weighted by atomic mass is 10.2. The molecule has 15 heavy (non-hydrogen) atoms. The number of amides is 1. The number of rotatable bonds is 1. The van der Waals surface area contributed by atoms with E-state index in [1.807, 2.05) is 0 Å². The lowest BCUT2D eigenvalue weighted by Gasteiger charge is -2.01. The van der Waals surface area contributed by atoms with Crippen molar-refractivity contribution in [2.75, 3.05) is 12.8 Å². The molecule has 0 aliphatic heterocycles. The molecule has 82 valence electrons. The summed E-state index contributed by atoms with van der Waals surface area (Å²) in [6.45, 7) is 1.08. The summed E-state index contributed by atoms with van der Waals surface area (Å²) in [5, 5.41) is 9.92. The number of carbonyl (C=O) groups is 2. The lowest BCUT2D eigenvalue weighted by Crippen LogP contribution is -2.19. The van der Waals surface area contributed by atoms with E-state index in [1.165, 1.54) is 0 Å². The van der Waals surface area contributed by atoms with E-state index in [0.717, 1.165) is 6.92 Å². The van der Waals surface area contributed by atoms with Crippen LogP contribution >= 0.6 is 0 Å². The second kappa shape index (κ2) is 6.42. The molecular weight excluding hydrogens is 196 g/mol. The molecule has 0 aromatic heterocycles. The molecule has 0 bridgehead atoms. The van der Waals surface area contributed by atoms with Gasteiger partial charge in [-0.25, -0.2) is 0 Å². The molecule has 1 rings (SSSR count). The van der Waals surface area contributed by atoms with E-state index in [9.17, 15) is 4.79 Å². The first-order chi connectivity index (χ1) is 6.99. The number of nitrogens with two attached hydrogens (primary N) is 1. The van der Waals surface area contributed by atoms with Gasteiger partial charge in [0.25, 0.3) is 11.9 Å². The Hall–Kier alpha value is -2.04. The Kier molecular flexibility index (Phi) is 5.55. The Morgan fingerprint density at radius 2 is 1.80 bits per heavy atom. The fraction of sp³-hybridized carbons (Fsp3) is 0.200. The first kappa shape index (κ1) is 13.0. The molecule has 5 nitrogen and oxygen atoms in total. The van der Waals surface area contributed by atoms with Gasteiger partial charge in [0, 0.05) is 19.7 Å². The van der Waals surface area contributed by atoms with E-state index < -0.39 is 5.97 Å². The molecule has 0 aliphatic carbocycles. The Labute approximate surface area is 87.9 Å². The Balaban J connectivity index is 0.000000423. The molecule has 0 heterocycles. The fourth-order valence-corrected chi connectivity index (χ4v) is 0.838. The average molecular weight is 210 g/mol. The summed E-state index contributed by atoms with van der Waals surface area (Å²) in [6.07, 6.45) is 0. The van der Waals surface area contributed by atoms with E-state index >= 15 is 0 Å². The van der Waals surface area contributed by atoms with E-state index in [-0.39, 0.29) is 5.91 Å². The molecule has 0 fully saturated rings. The molecule has 0 spiro atoms. The molecule has 1 aromatic carbocycles. The zero-order valence-corrected chi connectivity index (χ0v) is 8.65. The number of aliphatic carboxylic acids is 1. The number of nitrogen functional groups attached to an aromatic ring is 1. The van der Waals surface area contributed by atoms with Crippen LogP contribution in [0.5, 0.6) is 0 Å². The van der Waals surface area contributed by atoms with Gasteiger partial charge in [0.15, 0.2) is 0 Å². The summed E-state index contributed by atoms with van der Waals surface area (Å²) in [6, 6.07) is 6.96. The van der Waals surface area contributed by atoms with Crippen molar-refractivity contribution in [1.82, 2.24) is 5.32 Å². The Morgan fingerprint density at radius 3 is 2.20 bits per heavy atom. The third kappa shape index (κ3) is 5.30. The van der Waals surface area contributed by atoms with Gasteiger partial charge in [0.1, 0.15) is 0 Å². The van der Waals surface area contributed by atoms with Gasteiger partial charge in [0.2, 0.25) is 0 Å². The van der Waals surface area contributed by atoms with Crippen molar-refractivity contribution in [3.8, 4) is 0 Å².